The van der Waals surface area contributed by atoms with E-state index in [0.29, 0.717) is 0 Å². The van der Waals surface area contributed by atoms with E-state index in [1.54, 1.807) is 0 Å². The first-order chi connectivity index (χ1) is 9.74. The summed E-state index contributed by atoms with van der Waals surface area (Å²) in [4.78, 5) is 2.52. The van der Waals surface area contributed by atoms with E-state index in [1.165, 1.54) is 37.1 Å². The fourth-order valence-electron chi connectivity index (χ4n) is 3.10. The molecule has 0 saturated heterocycles. The molecule has 2 rings (SSSR count). The zero-order valence-electron chi connectivity index (χ0n) is 13.4. The molecule has 1 aromatic rings. The van der Waals surface area contributed by atoms with Crippen LogP contribution in [0.5, 0.6) is 0 Å². The van der Waals surface area contributed by atoms with Crippen molar-refractivity contribution in [2.45, 2.75) is 65.1 Å². The van der Waals surface area contributed by atoms with Crippen LogP contribution in [-0.2, 0) is 19.5 Å². The van der Waals surface area contributed by atoms with Gasteiger partial charge in [-0.2, -0.15) is 5.10 Å². The molecule has 1 aliphatic rings. The van der Waals surface area contributed by atoms with Gasteiger partial charge in [-0.05, 0) is 39.3 Å². The van der Waals surface area contributed by atoms with Gasteiger partial charge >= 0.3 is 0 Å². The molecule has 1 fully saturated rings. The standard InChI is InChI=1S/C16H30N4/c1-4-14-12-16(20(5-2)18-14)13-17-10-11-19(3)15-8-6-7-9-15/h12,15,17H,4-11,13H2,1-3H3. The molecular formula is C16H30N4. The largest absolute Gasteiger partial charge is 0.310 e. The van der Waals surface area contributed by atoms with Gasteiger partial charge in [-0.15, -0.1) is 0 Å². The summed E-state index contributed by atoms with van der Waals surface area (Å²) in [6.07, 6.45) is 6.62. The number of hydrogen-bond donors (Lipinski definition) is 1. The van der Waals surface area contributed by atoms with Gasteiger partial charge in [0.2, 0.25) is 0 Å². The van der Waals surface area contributed by atoms with Crippen LogP contribution in [0.15, 0.2) is 6.07 Å². The Morgan fingerprint density at radius 3 is 2.75 bits per heavy atom. The van der Waals surface area contributed by atoms with Crippen LogP contribution in [0, 0.1) is 0 Å². The summed E-state index contributed by atoms with van der Waals surface area (Å²) in [5.41, 5.74) is 2.51. The fraction of sp³-hybridized carbons (Fsp3) is 0.812. The summed E-state index contributed by atoms with van der Waals surface area (Å²) in [6.45, 7) is 8.41. The monoisotopic (exact) mass is 278 g/mol. The van der Waals surface area contributed by atoms with Gasteiger partial charge in [0.05, 0.1) is 11.4 Å². The summed E-state index contributed by atoms with van der Waals surface area (Å²) in [5, 5.41) is 8.16. The summed E-state index contributed by atoms with van der Waals surface area (Å²) in [6, 6.07) is 3.06. The summed E-state index contributed by atoms with van der Waals surface area (Å²) >= 11 is 0. The lowest BCUT2D eigenvalue weighted by molar-refractivity contribution is 0.245. The second-order valence-electron chi connectivity index (χ2n) is 5.89. The molecule has 4 heteroatoms. The fourth-order valence-corrected chi connectivity index (χ4v) is 3.10. The highest BCUT2D eigenvalue weighted by molar-refractivity contribution is 5.10. The first kappa shape index (κ1) is 15.5. The van der Waals surface area contributed by atoms with E-state index >= 15 is 0 Å². The van der Waals surface area contributed by atoms with Crippen LogP contribution >= 0.6 is 0 Å². The maximum atomic E-state index is 4.59. The molecule has 0 spiro atoms. The van der Waals surface area contributed by atoms with Gasteiger partial charge in [-0.1, -0.05) is 19.8 Å². The van der Waals surface area contributed by atoms with Crippen LogP contribution in [-0.4, -0.2) is 40.9 Å². The normalized spacial score (nSPS) is 16.4. The minimum absolute atomic E-state index is 0.824. The van der Waals surface area contributed by atoms with Crippen LogP contribution < -0.4 is 5.32 Å². The average Bonchev–Trinajstić information content (AvgIpc) is 3.12. The van der Waals surface area contributed by atoms with Crippen molar-refractivity contribution in [2.24, 2.45) is 0 Å². The van der Waals surface area contributed by atoms with Crippen molar-refractivity contribution in [1.29, 1.82) is 0 Å². The molecule has 1 saturated carbocycles. The van der Waals surface area contributed by atoms with E-state index in [0.717, 1.165) is 38.6 Å². The maximum Gasteiger partial charge on any atom is 0.0625 e. The number of hydrogen-bond acceptors (Lipinski definition) is 3. The summed E-state index contributed by atoms with van der Waals surface area (Å²) in [7, 11) is 2.27. The highest BCUT2D eigenvalue weighted by atomic mass is 15.3. The van der Waals surface area contributed by atoms with E-state index in [9.17, 15) is 0 Å². The van der Waals surface area contributed by atoms with Crippen molar-refractivity contribution in [1.82, 2.24) is 20.0 Å². The number of aryl methyl sites for hydroxylation is 2. The van der Waals surface area contributed by atoms with E-state index in [-0.39, 0.29) is 0 Å². The van der Waals surface area contributed by atoms with Crippen molar-refractivity contribution in [3.05, 3.63) is 17.5 Å². The number of nitrogens with zero attached hydrogens (tertiary/aromatic N) is 3. The molecule has 114 valence electrons. The van der Waals surface area contributed by atoms with E-state index in [1.807, 2.05) is 0 Å². The zero-order chi connectivity index (χ0) is 14.4. The third kappa shape index (κ3) is 4.06. The summed E-state index contributed by atoms with van der Waals surface area (Å²) in [5.74, 6) is 0. The van der Waals surface area contributed by atoms with Gasteiger partial charge in [0, 0.05) is 32.2 Å². The lowest BCUT2D eigenvalue weighted by Gasteiger charge is -2.24. The molecule has 20 heavy (non-hydrogen) atoms. The molecule has 4 nitrogen and oxygen atoms in total. The number of likely N-dealkylation sites (N-methyl/N-ethyl adjacent to an activating group) is 1. The van der Waals surface area contributed by atoms with E-state index in [2.05, 4.69) is 47.0 Å². The van der Waals surface area contributed by atoms with Gasteiger partial charge in [0.1, 0.15) is 0 Å². The molecule has 1 N–H and O–H groups in total. The third-order valence-corrected chi connectivity index (χ3v) is 4.47. The number of nitrogens with one attached hydrogen (secondary N) is 1. The third-order valence-electron chi connectivity index (χ3n) is 4.47. The van der Waals surface area contributed by atoms with Crippen LogP contribution in [0.3, 0.4) is 0 Å². The Kier molecular flexibility index (Phi) is 6.05. The predicted molar refractivity (Wildman–Crippen MR) is 83.9 cm³/mol. The first-order valence-electron chi connectivity index (χ1n) is 8.21. The second kappa shape index (κ2) is 7.79. The van der Waals surface area contributed by atoms with Crippen LogP contribution in [0.25, 0.3) is 0 Å². The minimum Gasteiger partial charge on any atom is -0.310 e. The van der Waals surface area contributed by atoms with E-state index < -0.39 is 0 Å². The van der Waals surface area contributed by atoms with Crippen LogP contribution in [0.2, 0.25) is 0 Å². The lowest BCUT2D eigenvalue weighted by atomic mass is 10.2. The number of aromatic nitrogens is 2. The highest BCUT2D eigenvalue weighted by Gasteiger charge is 2.18. The van der Waals surface area contributed by atoms with Gasteiger partial charge < -0.3 is 10.2 Å². The van der Waals surface area contributed by atoms with Gasteiger partial charge in [0.25, 0.3) is 0 Å². The second-order valence-corrected chi connectivity index (χ2v) is 5.89. The molecule has 1 heterocycles. The minimum atomic E-state index is 0.824. The first-order valence-corrected chi connectivity index (χ1v) is 8.21. The van der Waals surface area contributed by atoms with Gasteiger partial charge in [-0.25, -0.2) is 0 Å². The molecule has 0 bridgehead atoms. The number of rotatable bonds is 8. The van der Waals surface area contributed by atoms with Crippen molar-refractivity contribution in [3.63, 3.8) is 0 Å². The molecule has 0 radical (unpaired) electrons. The molecular weight excluding hydrogens is 248 g/mol. The Morgan fingerprint density at radius 1 is 1.35 bits per heavy atom. The Bertz CT molecular complexity index is 393. The molecule has 0 amide bonds. The maximum absolute atomic E-state index is 4.59. The van der Waals surface area contributed by atoms with Crippen LogP contribution in [0.1, 0.15) is 50.9 Å². The Labute approximate surface area is 123 Å². The molecule has 0 atom stereocenters. The molecule has 1 aliphatic carbocycles. The SMILES string of the molecule is CCc1cc(CNCCN(C)C2CCCC2)n(CC)n1. The zero-order valence-corrected chi connectivity index (χ0v) is 13.4. The van der Waals surface area contributed by atoms with Crippen LogP contribution in [0.4, 0.5) is 0 Å². The molecule has 0 aromatic carbocycles. The van der Waals surface area contributed by atoms with Crippen molar-refractivity contribution >= 4 is 0 Å². The molecule has 1 aromatic heterocycles. The van der Waals surface area contributed by atoms with Crippen molar-refractivity contribution < 1.29 is 0 Å². The summed E-state index contributed by atoms with van der Waals surface area (Å²) < 4.78 is 2.12. The predicted octanol–water partition coefficient (Wildman–Crippen LogP) is 2.43. The van der Waals surface area contributed by atoms with E-state index in [4.69, 9.17) is 0 Å². The Balaban J connectivity index is 1.71. The average molecular weight is 278 g/mol. The lowest BCUT2D eigenvalue weighted by Crippen LogP contribution is -2.35. The van der Waals surface area contributed by atoms with Gasteiger partial charge in [0.15, 0.2) is 0 Å². The van der Waals surface area contributed by atoms with Gasteiger partial charge in [-0.3, -0.25) is 4.68 Å². The quantitative estimate of drug-likeness (QED) is 0.741. The smallest absolute Gasteiger partial charge is 0.0625 e. The topological polar surface area (TPSA) is 33.1 Å². The Morgan fingerprint density at radius 2 is 2.10 bits per heavy atom. The van der Waals surface area contributed by atoms with Crippen molar-refractivity contribution in [3.8, 4) is 0 Å². The van der Waals surface area contributed by atoms with Crippen molar-refractivity contribution in [2.75, 3.05) is 20.1 Å². The highest BCUT2D eigenvalue weighted by Crippen LogP contribution is 2.21. The molecule has 0 unspecified atom stereocenters. The molecule has 0 aliphatic heterocycles. The Hall–Kier alpha value is -0.870.